The largest absolute Gasteiger partial charge is 0.377 e. The zero-order valence-electron chi connectivity index (χ0n) is 8.37. The average molecular weight is 183 g/mol. The Balaban J connectivity index is 1.60. The highest BCUT2D eigenvalue weighted by molar-refractivity contribution is 4.84. The van der Waals surface area contributed by atoms with Crippen LogP contribution in [-0.2, 0) is 4.74 Å². The predicted octanol–water partition coefficient (Wildman–Crippen LogP) is 2.07. The number of hydrogen-bond acceptors (Lipinski definition) is 2. The van der Waals surface area contributed by atoms with Gasteiger partial charge < -0.3 is 10.5 Å². The molecule has 2 rings (SSSR count). The first-order chi connectivity index (χ1) is 6.36. The van der Waals surface area contributed by atoms with E-state index in [0.717, 1.165) is 12.5 Å². The fourth-order valence-electron chi connectivity index (χ4n) is 2.14. The summed E-state index contributed by atoms with van der Waals surface area (Å²) in [6.45, 7) is 0.801. The van der Waals surface area contributed by atoms with Crippen LogP contribution in [0.5, 0.6) is 0 Å². The van der Waals surface area contributed by atoms with Gasteiger partial charge in [-0.3, -0.25) is 0 Å². The zero-order valence-corrected chi connectivity index (χ0v) is 8.37. The first kappa shape index (κ1) is 9.47. The van der Waals surface area contributed by atoms with Gasteiger partial charge in [0.15, 0.2) is 0 Å². The molecule has 0 spiro atoms. The van der Waals surface area contributed by atoms with Gasteiger partial charge in [0.1, 0.15) is 0 Å². The van der Waals surface area contributed by atoms with Gasteiger partial charge >= 0.3 is 0 Å². The predicted molar refractivity (Wildman–Crippen MR) is 53.5 cm³/mol. The van der Waals surface area contributed by atoms with E-state index in [1.54, 1.807) is 0 Å². The van der Waals surface area contributed by atoms with Crippen molar-refractivity contribution in [1.82, 2.24) is 0 Å². The summed E-state index contributed by atoms with van der Waals surface area (Å²) in [6, 6.07) is 0.321. The van der Waals surface area contributed by atoms with Crippen LogP contribution in [0.3, 0.4) is 0 Å². The minimum atomic E-state index is 0.321. The summed E-state index contributed by atoms with van der Waals surface area (Å²) >= 11 is 0. The van der Waals surface area contributed by atoms with Crippen LogP contribution in [0.25, 0.3) is 0 Å². The molecule has 2 saturated carbocycles. The number of nitrogens with two attached hydrogens (primary N) is 1. The molecule has 1 unspecified atom stereocenters. The zero-order chi connectivity index (χ0) is 9.10. The van der Waals surface area contributed by atoms with Crippen molar-refractivity contribution in [1.29, 1.82) is 0 Å². The molecule has 0 radical (unpaired) electrons. The van der Waals surface area contributed by atoms with Crippen LogP contribution in [0.4, 0.5) is 0 Å². The summed E-state index contributed by atoms with van der Waals surface area (Å²) in [6.07, 6.45) is 9.80. The third kappa shape index (κ3) is 2.96. The summed E-state index contributed by atoms with van der Waals surface area (Å²) in [5.41, 5.74) is 5.97. The van der Waals surface area contributed by atoms with Gasteiger partial charge in [0.2, 0.25) is 0 Å². The lowest BCUT2D eigenvalue weighted by Gasteiger charge is -2.23. The van der Waals surface area contributed by atoms with Gasteiger partial charge in [-0.2, -0.15) is 0 Å². The highest BCUT2D eigenvalue weighted by Crippen LogP contribution is 2.32. The fourth-order valence-corrected chi connectivity index (χ4v) is 2.14. The quantitative estimate of drug-likeness (QED) is 0.724. The van der Waals surface area contributed by atoms with Gasteiger partial charge in [-0.15, -0.1) is 0 Å². The number of rotatable bonds is 4. The second-order valence-corrected chi connectivity index (χ2v) is 4.59. The Morgan fingerprint density at radius 1 is 1.08 bits per heavy atom. The molecule has 2 N–H and O–H groups in total. The van der Waals surface area contributed by atoms with Gasteiger partial charge in [0, 0.05) is 6.04 Å². The van der Waals surface area contributed by atoms with Gasteiger partial charge in [-0.1, -0.05) is 19.3 Å². The normalized spacial score (nSPS) is 27.5. The molecule has 2 aliphatic carbocycles. The smallest absolute Gasteiger partial charge is 0.0623 e. The standard InChI is InChI=1S/C11H21NO/c12-11(9-6-7-9)8-13-10-4-2-1-3-5-10/h9-11H,1-8,12H2. The topological polar surface area (TPSA) is 35.2 Å². The van der Waals surface area contributed by atoms with Gasteiger partial charge in [-0.25, -0.2) is 0 Å². The SMILES string of the molecule is NC(COC1CCCCC1)C1CC1. The van der Waals surface area contributed by atoms with Crippen LogP contribution < -0.4 is 5.73 Å². The third-order valence-electron chi connectivity index (χ3n) is 3.30. The van der Waals surface area contributed by atoms with Gasteiger partial charge in [0.25, 0.3) is 0 Å². The molecule has 76 valence electrons. The fraction of sp³-hybridized carbons (Fsp3) is 1.00. The molecular formula is C11H21NO. The van der Waals surface area contributed by atoms with Crippen molar-refractivity contribution in [3.8, 4) is 0 Å². The van der Waals surface area contributed by atoms with E-state index in [2.05, 4.69) is 0 Å². The molecule has 0 saturated heterocycles. The molecule has 0 amide bonds. The van der Waals surface area contributed by atoms with Crippen molar-refractivity contribution in [2.75, 3.05) is 6.61 Å². The number of hydrogen-bond donors (Lipinski definition) is 1. The summed E-state index contributed by atoms with van der Waals surface area (Å²) < 4.78 is 5.82. The molecule has 0 aliphatic heterocycles. The summed E-state index contributed by atoms with van der Waals surface area (Å²) in [5, 5.41) is 0. The van der Waals surface area contributed by atoms with E-state index >= 15 is 0 Å². The maximum atomic E-state index is 5.97. The Labute approximate surface area is 80.8 Å². The Hall–Kier alpha value is -0.0800. The third-order valence-corrected chi connectivity index (χ3v) is 3.30. The van der Waals surface area contributed by atoms with Crippen molar-refractivity contribution < 1.29 is 4.74 Å². The molecule has 2 nitrogen and oxygen atoms in total. The van der Waals surface area contributed by atoms with E-state index in [0.29, 0.717) is 12.1 Å². The van der Waals surface area contributed by atoms with Crippen molar-refractivity contribution >= 4 is 0 Å². The van der Waals surface area contributed by atoms with E-state index in [4.69, 9.17) is 10.5 Å². The molecule has 2 heteroatoms. The lowest BCUT2D eigenvalue weighted by atomic mass is 9.98. The molecular weight excluding hydrogens is 162 g/mol. The Morgan fingerprint density at radius 2 is 1.77 bits per heavy atom. The highest BCUT2D eigenvalue weighted by Gasteiger charge is 2.29. The van der Waals surface area contributed by atoms with Crippen LogP contribution in [0.2, 0.25) is 0 Å². The minimum absolute atomic E-state index is 0.321. The van der Waals surface area contributed by atoms with E-state index in [9.17, 15) is 0 Å². The molecule has 0 aromatic heterocycles. The van der Waals surface area contributed by atoms with Gasteiger partial charge in [-0.05, 0) is 31.6 Å². The maximum absolute atomic E-state index is 5.97. The summed E-state index contributed by atoms with van der Waals surface area (Å²) in [7, 11) is 0. The van der Waals surface area contributed by atoms with E-state index in [1.807, 2.05) is 0 Å². The molecule has 0 bridgehead atoms. The Bertz CT molecular complexity index is 150. The van der Waals surface area contributed by atoms with Gasteiger partial charge in [0.05, 0.1) is 12.7 Å². The van der Waals surface area contributed by atoms with E-state index in [-0.39, 0.29) is 0 Å². The Morgan fingerprint density at radius 3 is 2.38 bits per heavy atom. The molecule has 13 heavy (non-hydrogen) atoms. The first-order valence-electron chi connectivity index (χ1n) is 5.73. The van der Waals surface area contributed by atoms with Crippen LogP contribution in [0.1, 0.15) is 44.9 Å². The van der Waals surface area contributed by atoms with E-state index < -0.39 is 0 Å². The summed E-state index contributed by atoms with van der Waals surface area (Å²) in [4.78, 5) is 0. The second-order valence-electron chi connectivity index (χ2n) is 4.59. The molecule has 0 aromatic carbocycles. The van der Waals surface area contributed by atoms with Crippen LogP contribution >= 0.6 is 0 Å². The van der Waals surface area contributed by atoms with Crippen LogP contribution in [0.15, 0.2) is 0 Å². The molecule has 1 atom stereocenters. The molecule has 2 aliphatic rings. The van der Waals surface area contributed by atoms with Crippen molar-refractivity contribution in [2.45, 2.75) is 57.1 Å². The molecule has 0 heterocycles. The first-order valence-corrected chi connectivity index (χ1v) is 5.73. The lowest BCUT2D eigenvalue weighted by Crippen LogP contribution is -2.31. The molecule has 2 fully saturated rings. The second kappa shape index (κ2) is 4.43. The van der Waals surface area contributed by atoms with Crippen molar-refractivity contribution in [3.63, 3.8) is 0 Å². The van der Waals surface area contributed by atoms with Crippen LogP contribution in [0, 0.1) is 5.92 Å². The Kier molecular flexibility index (Phi) is 3.23. The number of ether oxygens (including phenoxy) is 1. The highest BCUT2D eigenvalue weighted by atomic mass is 16.5. The monoisotopic (exact) mass is 183 g/mol. The average Bonchev–Trinajstić information content (AvgIpc) is 2.99. The summed E-state index contributed by atoms with van der Waals surface area (Å²) in [5.74, 6) is 0.781. The maximum Gasteiger partial charge on any atom is 0.0623 e. The minimum Gasteiger partial charge on any atom is -0.377 e. The van der Waals surface area contributed by atoms with Crippen molar-refractivity contribution in [2.24, 2.45) is 11.7 Å². The lowest BCUT2D eigenvalue weighted by molar-refractivity contribution is 0.0183. The molecule has 0 aromatic rings. The van der Waals surface area contributed by atoms with Crippen molar-refractivity contribution in [3.05, 3.63) is 0 Å². The van der Waals surface area contributed by atoms with E-state index in [1.165, 1.54) is 44.9 Å². The van der Waals surface area contributed by atoms with Crippen LogP contribution in [-0.4, -0.2) is 18.8 Å².